The van der Waals surface area contributed by atoms with Crippen molar-refractivity contribution in [2.75, 3.05) is 32.6 Å². The first-order chi connectivity index (χ1) is 12.5. The molecule has 3 rings (SSSR count). The van der Waals surface area contributed by atoms with Gasteiger partial charge in [-0.3, -0.25) is 0 Å². The number of rotatable bonds is 7. The number of aryl methyl sites for hydroxylation is 1. The second-order valence-electron chi connectivity index (χ2n) is 6.21. The molecule has 6 nitrogen and oxygen atoms in total. The summed E-state index contributed by atoms with van der Waals surface area (Å²) in [5.74, 6) is 0.468. The van der Waals surface area contributed by atoms with Crippen LogP contribution in [0.15, 0.2) is 23.8 Å². The van der Waals surface area contributed by atoms with E-state index < -0.39 is 0 Å². The summed E-state index contributed by atoms with van der Waals surface area (Å²) in [7, 11) is 4.30. The molecule has 0 saturated heterocycles. The van der Waals surface area contributed by atoms with Gasteiger partial charge in [-0.2, -0.15) is 0 Å². The summed E-state index contributed by atoms with van der Waals surface area (Å²) in [6.07, 6.45) is 1.54. The summed E-state index contributed by atoms with van der Waals surface area (Å²) < 4.78 is 5.16. The zero-order chi connectivity index (χ0) is 18.7. The minimum Gasteiger partial charge on any atom is -0.462 e. The zero-order valence-electron chi connectivity index (χ0n) is 15.3. The minimum atomic E-state index is -0.298. The molecular weight excluding hydrogens is 368 g/mol. The molecule has 0 amide bonds. The van der Waals surface area contributed by atoms with Gasteiger partial charge >= 0.3 is 5.97 Å². The number of hydrogen-bond donors (Lipinski definition) is 2. The third kappa shape index (κ3) is 3.72. The van der Waals surface area contributed by atoms with Crippen molar-refractivity contribution in [2.24, 2.45) is 0 Å². The lowest BCUT2D eigenvalue weighted by atomic mass is 10.2. The molecule has 0 saturated carbocycles. The van der Waals surface area contributed by atoms with Crippen LogP contribution in [0, 0.1) is 6.92 Å². The number of anilines is 1. The van der Waals surface area contributed by atoms with Crippen LogP contribution in [0.25, 0.3) is 10.2 Å². The predicted octanol–water partition coefficient (Wildman–Crippen LogP) is 2.54. The number of nitrogens with one attached hydrogen (secondary N) is 2. The molecule has 8 heteroatoms. The number of hydrogen-bond acceptors (Lipinski definition) is 7. The van der Waals surface area contributed by atoms with Crippen molar-refractivity contribution < 1.29 is 14.4 Å². The Kier molecular flexibility index (Phi) is 5.85. The maximum Gasteiger partial charge on any atom is 0.348 e. The molecule has 0 radical (unpaired) electrons. The van der Waals surface area contributed by atoms with E-state index in [0.29, 0.717) is 17.5 Å². The number of ether oxygens (including phenoxy) is 1. The Bertz CT molecular complexity index is 890. The molecule has 3 aromatic rings. The van der Waals surface area contributed by atoms with Crippen molar-refractivity contribution in [1.29, 1.82) is 0 Å². The van der Waals surface area contributed by atoms with Gasteiger partial charge < -0.3 is 15.0 Å². The van der Waals surface area contributed by atoms with E-state index in [1.807, 2.05) is 13.8 Å². The van der Waals surface area contributed by atoms with Crippen molar-refractivity contribution >= 4 is 44.7 Å². The third-order valence-electron chi connectivity index (χ3n) is 4.24. The third-order valence-corrected chi connectivity index (χ3v) is 6.41. The van der Waals surface area contributed by atoms with Gasteiger partial charge in [-0.25, -0.2) is 14.8 Å². The molecular formula is C18H23N4O2S2+. The van der Waals surface area contributed by atoms with Gasteiger partial charge in [0.25, 0.3) is 0 Å². The minimum absolute atomic E-state index is 0.298. The standard InChI is InChI=1S/C18H22N4O2S2/c1-5-24-18(23)15-11(2)14-16(20-10-21-17(14)26-15)19-9-12(22(3)4)13-7-6-8-25-13/h6-8,10,12H,5,9H2,1-4H3,(H,19,20,21)/p+1/t12-/m1/s1. The lowest BCUT2D eigenvalue weighted by Crippen LogP contribution is -3.06. The maximum atomic E-state index is 12.2. The van der Waals surface area contributed by atoms with Crippen molar-refractivity contribution in [3.8, 4) is 0 Å². The fraction of sp³-hybridized carbons (Fsp3) is 0.389. The average Bonchev–Trinajstić information content (AvgIpc) is 3.24. The van der Waals surface area contributed by atoms with Crippen LogP contribution < -0.4 is 10.2 Å². The van der Waals surface area contributed by atoms with Crippen molar-refractivity contribution in [3.63, 3.8) is 0 Å². The SMILES string of the molecule is CCOC(=O)c1sc2ncnc(NC[C@H](c3cccs3)[NH+](C)C)c2c1C. The number of thiophene rings is 2. The molecule has 0 unspecified atom stereocenters. The molecule has 0 aliphatic rings. The summed E-state index contributed by atoms with van der Waals surface area (Å²) in [5.41, 5.74) is 0.872. The summed E-state index contributed by atoms with van der Waals surface area (Å²) in [5, 5.41) is 6.47. The molecule has 138 valence electrons. The van der Waals surface area contributed by atoms with Gasteiger partial charge in [-0.05, 0) is 30.9 Å². The maximum absolute atomic E-state index is 12.2. The highest BCUT2D eigenvalue weighted by Gasteiger charge is 2.22. The van der Waals surface area contributed by atoms with Crippen LogP contribution in [-0.4, -0.2) is 43.2 Å². The number of fused-ring (bicyclic) bond motifs is 1. The molecule has 26 heavy (non-hydrogen) atoms. The number of aromatic nitrogens is 2. The van der Waals surface area contributed by atoms with Gasteiger partial charge in [-0.1, -0.05) is 6.07 Å². The molecule has 1 atom stereocenters. The Morgan fingerprint density at radius 1 is 1.38 bits per heavy atom. The lowest BCUT2D eigenvalue weighted by molar-refractivity contribution is -0.889. The Morgan fingerprint density at radius 2 is 2.19 bits per heavy atom. The molecule has 0 aromatic carbocycles. The van der Waals surface area contributed by atoms with E-state index in [1.165, 1.54) is 27.4 Å². The first-order valence-corrected chi connectivity index (χ1v) is 10.2. The van der Waals surface area contributed by atoms with Crippen molar-refractivity contribution in [2.45, 2.75) is 19.9 Å². The first-order valence-electron chi connectivity index (χ1n) is 8.51. The van der Waals surface area contributed by atoms with Crippen molar-refractivity contribution in [1.82, 2.24) is 9.97 Å². The molecule has 2 N–H and O–H groups in total. The monoisotopic (exact) mass is 391 g/mol. The highest BCUT2D eigenvalue weighted by Crippen LogP contribution is 2.33. The number of quaternary nitrogens is 1. The van der Waals surface area contributed by atoms with Gasteiger partial charge in [0, 0.05) is 0 Å². The second-order valence-corrected chi connectivity index (χ2v) is 8.18. The Balaban J connectivity index is 1.89. The van der Waals surface area contributed by atoms with Gasteiger partial charge in [0.2, 0.25) is 0 Å². The van der Waals surface area contributed by atoms with Crippen LogP contribution in [0.1, 0.15) is 33.1 Å². The molecule has 0 spiro atoms. The number of likely N-dealkylation sites (N-methyl/N-ethyl adjacent to an activating group) is 1. The normalized spacial score (nSPS) is 12.5. The second kappa shape index (κ2) is 8.11. The van der Waals surface area contributed by atoms with Crippen LogP contribution in [0.3, 0.4) is 0 Å². The zero-order valence-corrected chi connectivity index (χ0v) is 17.0. The van der Waals surface area contributed by atoms with E-state index in [2.05, 4.69) is 46.9 Å². The highest BCUT2D eigenvalue weighted by atomic mass is 32.1. The molecule has 0 fully saturated rings. The van der Waals surface area contributed by atoms with E-state index in [4.69, 9.17) is 4.74 Å². The van der Waals surface area contributed by atoms with E-state index in [0.717, 1.165) is 28.1 Å². The first kappa shape index (κ1) is 18.8. The van der Waals surface area contributed by atoms with E-state index in [1.54, 1.807) is 11.3 Å². The smallest absolute Gasteiger partial charge is 0.348 e. The number of nitrogens with zero attached hydrogens (tertiary/aromatic N) is 2. The van der Waals surface area contributed by atoms with E-state index >= 15 is 0 Å². The predicted molar refractivity (Wildman–Crippen MR) is 106 cm³/mol. The summed E-state index contributed by atoms with van der Waals surface area (Å²) in [6, 6.07) is 4.56. The number of esters is 1. The summed E-state index contributed by atoms with van der Waals surface area (Å²) >= 11 is 3.12. The molecule has 3 aromatic heterocycles. The van der Waals surface area contributed by atoms with Crippen LogP contribution in [0.2, 0.25) is 0 Å². The highest BCUT2D eigenvalue weighted by molar-refractivity contribution is 7.20. The average molecular weight is 392 g/mol. The molecule has 3 heterocycles. The number of carbonyl (C=O) groups excluding carboxylic acids is 1. The Hall–Kier alpha value is -2.03. The fourth-order valence-electron chi connectivity index (χ4n) is 2.87. The van der Waals surface area contributed by atoms with Gasteiger partial charge in [0.05, 0.1) is 37.5 Å². The summed E-state index contributed by atoms with van der Waals surface area (Å²) in [6.45, 7) is 4.84. The molecule has 0 bridgehead atoms. The number of carbonyl (C=O) groups is 1. The van der Waals surface area contributed by atoms with Crippen LogP contribution >= 0.6 is 22.7 Å². The van der Waals surface area contributed by atoms with Gasteiger partial charge in [-0.15, -0.1) is 22.7 Å². The van der Waals surface area contributed by atoms with Crippen LogP contribution in [0.5, 0.6) is 0 Å². The largest absolute Gasteiger partial charge is 0.462 e. The van der Waals surface area contributed by atoms with Crippen LogP contribution in [0.4, 0.5) is 5.82 Å². The van der Waals surface area contributed by atoms with Gasteiger partial charge in [0.1, 0.15) is 27.9 Å². The van der Waals surface area contributed by atoms with E-state index in [-0.39, 0.29) is 5.97 Å². The quantitative estimate of drug-likeness (QED) is 0.606. The fourth-order valence-corrected chi connectivity index (χ4v) is 4.87. The Labute approximate surface area is 160 Å². The Morgan fingerprint density at radius 3 is 2.85 bits per heavy atom. The van der Waals surface area contributed by atoms with Crippen LogP contribution in [-0.2, 0) is 4.74 Å². The van der Waals surface area contributed by atoms with E-state index in [9.17, 15) is 4.79 Å². The molecule has 0 aliphatic carbocycles. The van der Waals surface area contributed by atoms with Crippen molar-refractivity contribution in [3.05, 3.63) is 39.2 Å². The lowest BCUT2D eigenvalue weighted by Gasteiger charge is -2.21. The molecule has 0 aliphatic heterocycles. The topological polar surface area (TPSA) is 68.5 Å². The summed E-state index contributed by atoms with van der Waals surface area (Å²) in [4.78, 5) is 25.0. The van der Waals surface area contributed by atoms with Gasteiger partial charge in [0.15, 0.2) is 0 Å².